The van der Waals surface area contributed by atoms with Crippen molar-refractivity contribution >= 4 is 5.97 Å². The van der Waals surface area contributed by atoms with E-state index in [9.17, 15) is 15.0 Å². The minimum absolute atomic E-state index is 0.0556. The molecule has 0 unspecified atom stereocenters. The molecule has 0 amide bonds. The molecule has 0 aromatic rings. The molecule has 4 aliphatic heterocycles. The van der Waals surface area contributed by atoms with Gasteiger partial charge in [0.2, 0.25) is 0 Å². The van der Waals surface area contributed by atoms with E-state index >= 15 is 0 Å². The zero-order valence-electron chi connectivity index (χ0n) is 15.9. The monoisotopic (exact) mass is 366 g/mol. The van der Waals surface area contributed by atoms with E-state index in [2.05, 4.69) is 13.8 Å². The lowest BCUT2D eigenvalue weighted by Crippen LogP contribution is -2.52. The Kier molecular flexibility index (Phi) is 4.46. The van der Waals surface area contributed by atoms with Gasteiger partial charge in [-0.25, -0.2) is 4.79 Å². The number of hydrogen-bond donors (Lipinski definition) is 2. The zero-order chi connectivity index (χ0) is 18.7. The quantitative estimate of drug-likeness (QED) is 0.544. The molecule has 26 heavy (non-hydrogen) atoms. The van der Waals surface area contributed by atoms with Crippen molar-refractivity contribution in [3.05, 3.63) is 11.1 Å². The van der Waals surface area contributed by atoms with Crippen LogP contribution < -0.4 is 0 Å². The maximum atomic E-state index is 12.2. The van der Waals surface area contributed by atoms with E-state index in [-0.39, 0.29) is 30.3 Å². The molecule has 2 N–H and O–H groups in total. The van der Waals surface area contributed by atoms with E-state index in [0.717, 1.165) is 31.3 Å². The van der Waals surface area contributed by atoms with E-state index in [1.54, 1.807) is 0 Å². The summed E-state index contributed by atoms with van der Waals surface area (Å²) in [6, 6.07) is 0. The van der Waals surface area contributed by atoms with Gasteiger partial charge in [-0.05, 0) is 51.0 Å². The fourth-order valence-electron chi connectivity index (χ4n) is 4.94. The molecule has 0 aromatic heterocycles. The molecule has 7 atom stereocenters. The second-order valence-corrected chi connectivity index (χ2v) is 8.97. The normalized spacial score (nSPS) is 48.8. The van der Waals surface area contributed by atoms with Gasteiger partial charge >= 0.3 is 5.97 Å². The molecule has 3 fully saturated rings. The lowest BCUT2D eigenvalue weighted by Gasteiger charge is -2.44. The molecule has 0 aromatic carbocycles. The van der Waals surface area contributed by atoms with E-state index in [1.165, 1.54) is 0 Å². The first kappa shape index (κ1) is 18.4. The number of hydrogen-bond acceptors (Lipinski definition) is 6. The molecule has 3 saturated heterocycles. The molecule has 6 heteroatoms. The summed E-state index contributed by atoms with van der Waals surface area (Å²) >= 11 is 0. The van der Waals surface area contributed by atoms with Gasteiger partial charge in [-0.1, -0.05) is 13.3 Å². The lowest BCUT2D eigenvalue weighted by molar-refractivity contribution is -0.188. The molecule has 2 bridgehead atoms. The largest absolute Gasteiger partial charge is 0.452 e. The van der Waals surface area contributed by atoms with Gasteiger partial charge in [0, 0.05) is 6.42 Å². The Bertz CT molecular complexity index is 626. The van der Waals surface area contributed by atoms with Gasteiger partial charge in [-0.3, -0.25) is 0 Å². The van der Waals surface area contributed by atoms with E-state index in [4.69, 9.17) is 14.2 Å². The van der Waals surface area contributed by atoms with E-state index < -0.39 is 23.8 Å². The Morgan fingerprint density at radius 3 is 2.69 bits per heavy atom. The van der Waals surface area contributed by atoms with Gasteiger partial charge in [0.1, 0.15) is 6.10 Å². The molecular weight excluding hydrogens is 336 g/mol. The third kappa shape index (κ3) is 3.01. The van der Waals surface area contributed by atoms with Crippen LogP contribution in [0.25, 0.3) is 0 Å². The highest BCUT2D eigenvalue weighted by Crippen LogP contribution is 2.47. The first-order valence-corrected chi connectivity index (χ1v) is 9.84. The first-order chi connectivity index (χ1) is 12.2. The number of carbonyl (C=O) groups is 1. The van der Waals surface area contributed by atoms with Crippen LogP contribution in [0.2, 0.25) is 0 Å². The summed E-state index contributed by atoms with van der Waals surface area (Å²) in [7, 11) is 0. The lowest BCUT2D eigenvalue weighted by atomic mass is 9.78. The predicted octanol–water partition coefficient (Wildman–Crippen LogP) is 1.87. The van der Waals surface area contributed by atoms with Crippen LogP contribution in [0.4, 0.5) is 0 Å². The maximum Gasteiger partial charge on any atom is 0.337 e. The third-order valence-electron chi connectivity index (χ3n) is 6.93. The summed E-state index contributed by atoms with van der Waals surface area (Å²) in [6.45, 7) is 5.76. The van der Waals surface area contributed by atoms with Gasteiger partial charge < -0.3 is 24.4 Å². The highest BCUT2D eigenvalue weighted by atomic mass is 16.6. The van der Waals surface area contributed by atoms with Crippen molar-refractivity contribution in [1.82, 2.24) is 0 Å². The molecule has 0 aliphatic carbocycles. The zero-order valence-corrected chi connectivity index (χ0v) is 15.9. The van der Waals surface area contributed by atoms with Crippen molar-refractivity contribution in [2.75, 3.05) is 6.61 Å². The van der Waals surface area contributed by atoms with Crippen LogP contribution in [0.3, 0.4) is 0 Å². The summed E-state index contributed by atoms with van der Waals surface area (Å²) in [5.74, 6) is -0.264. The number of rotatable bonds is 1. The Hall–Kier alpha value is -0.950. The van der Waals surface area contributed by atoms with Gasteiger partial charge in [0.05, 0.1) is 35.6 Å². The molecule has 4 rings (SSSR count). The van der Waals surface area contributed by atoms with Gasteiger partial charge in [-0.2, -0.15) is 0 Å². The molecule has 0 saturated carbocycles. The topological polar surface area (TPSA) is 88.5 Å². The van der Waals surface area contributed by atoms with Crippen molar-refractivity contribution in [3.8, 4) is 0 Å². The molecule has 0 radical (unpaired) electrons. The van der Waals surface area contributed by atoms with Crippen LogP contribution in [0, 0.1) is 5.92 Å². The van der Waals surface area contributed by atoms with Crippen molar-refractivity contribution in [2.45, 2.75) is 94.9 Å². The summed E-state index contributed by atoms with van der Waals surface area (Å²) in [5.41, 5.74) is 0.0885. The highest BCUT2D eigenvalue weighted by Gasteiger charge is 2.54. The molecule has 4 aliphatic rings. The standard InChI is InChI=1S/C20H30O6/c1-11-5-4-7-20(3)14(26-20)6-8-19(2,23)15-9-12-13(10-21)18(22)25-17(12)16(11)24-15/h11,14-17,21,23H,4-10H2,1-3H3/t11-,14+,15+,16+,17-,19-,20+/m1/s1. The molecule has 146 valence electrons. The van der Waals surface area contributed by atoms with E-state index in [1.807, 2.05) is 6.92 Å². The van der Waals surface area contributed by atoms with E-state index in [0.29, 0.717) is 18.4 Å². The first-order valence-electron chi connectivity index (χ1n) is 9.84. The molecule has 6 nitrogen and oxygen atoms in total. The average molecular weight is 366 g/mol. The summed E-state index contributed by atoms with van der Waals surface area (Å²) in [6.07, 6.45) is 3.85. The number of esters is 1. The Morgan fingerprint density at radius 2 is 1.96 bits per heavy atom. The average Bonchev–Trinajstić information content (AvgIpc) is 3.11. The summed E-state index contributed by atoms with van der Waals surface area (Å²) in [4.78, 5) is 12.2. The van der Waals surface area contributed by atoms with Crippen LogP contribution in [-0.2, 0) is 19.0 Å². The molecular formula is C20H30O6. The minimum Gasteiger partial charge on any atom is -0.452 e. The van der Waals surface area contributed by atoms with Crippen LogP contribution in [0.1, 0.15) is 59.3 Å². The fourth-order valence-corrected chi connectivity index (χ4v) is 4.94. The highest BCUT2D eigenvalue weighted by molar-refractivity contribution is 5.92. The number of epoxide rings is 1. The third-order valence-corrected chi connectivity index (χ3v) is 6.93. The molecule has 4 heterocycles. The number of aliphatic hydroxyl groups excluding tert-OH is 1. The Balaban J connectivity index is 1.65. The Morgan fingerprint density at radius 1 is 1.19 bits per heavy atom. The summed E-state index contributed by atoms with van der Waals surface area (Å²) in [5, 5.41) is 20.8. The van der Waals surface area contributed by atoms with Crippen molar-refractivity contribution < 1.29 is 29.2 Å². The van der Waals surface area contributed by atoms with Crippen LogP contribution >= 0.6 is 0 Å². The number of fused-ring (bicyclic) bond motifs is 5. The minimum atomic E-state index is -1.02. The van der Waals surface area contributed by atoms with Gasteiger partial charge in [0.25, 0.3) is 0 Å². The Labute approximate surface area is 154 Å². The van der Waals surface area contributed by atoms with Crippen LogP contribution in [-0.4, -0.2) is 58.4 Å². The SMILES string of the molecule is C[C@@H]1CCC[C@]2(C)O[C@H]2CC[C@@](C)(O)[C@@H]2CC3=C(CO)C(=O)O[C@H]3[C@H]1O2. The van der Waals surface area contributed by atoms with Gasteiger partial charge in [0.15, 0.2) is 6.10 Å². The van der Waals surface area contributed by atoms with Gasteiger partial charge in [-0.15, -0.1) is 0 Å². The van der Waals surface area contributed by atoms with Crippen molar-refractivity contribution in [3.63, 3.8) is 0 Å². The number of aliphatic hydroxyl groups is 2. The smallest absolute Gasteiger partial charge is 0.337 e. The number of carbonyl (C=O) groups excluding carboxylic acids is 1. The number of ether oxygens (including phenoxy) is 3. The maximum absolute atomic E-state index is 12.2. The van der Waals surface area contributed by atoms with Crippen LogP contribution in [0.15, 0.2) is 11.1 Å². The molecule has 0 spiro atoms. The van der Waals surface area contributed by atoms with Crippen LogP contribution in [0.5, 0.6) is 0 Å². The van der Waals surface area contributed by atoms with Crippen molar-refractivity contribution in [1.29, 1.82) is 0 Å². The second kappa shape index (κ2) is 6.30. The predicted molar refractivity (Wildman–Crippen MR) is 93.4 cm³/mol. The second-order valence-electron chi connectivity index (χ2n) is 8.97. The van der Waals surface area contributed by atoms with Crippen molar-refractivity contribution in [2.24, 2.45) is 5.92 Å². The summed E-state index contributed by atoms with van der Waals surface area (Å²) < 4.78 is 17.8. The fraction of sp³-hybridized carbons (Fsp3) is 0.850.